The second-order valence-corrected chi connectivity index (χ2v) is 6.08. The van der Waals surface area contributed by atoms with Gasteiger partial charge in [-0.2, -0.15) is 13.2 Å². The number of nitrogens with one attached hydrogen (secondary N) is 3. The molecule has 0 bridgehead atoms. The minimum atomic E-state index is -4.70. The van der Waals surface area contributed by atoms with E-state index in [0.29, 0.717) is 12.5 Å². The lowest BCUT2D eigenvalue weighted by Crippen LogP contribution is -2.52. The van der Waals surface area contributed by atoms with Gasteiger partial charge in [0.25, 0.3) is 5.69 Å². The molecule has 0 unspecified atom stereocenters. The van der Waals surface area contributed by atoms with Crippen molar-refractivity contribution in [2.24, 2.45) is 11.7 Å². The van der Waals surface area contributed by atoms with Gasteiger partial charge in [-0.3, -0.25) is 14.9 Å². The molecule has 0 aliphatic heterocycles. The molecular weight excluding hydrogens is 383 g/mol. The van der Waals surface area contributed by atoms with E-state index in [9.17, 15) is 32.9 Å². The predicted molar refractivity (Wildman–Crippen MR) is 95.6 cm³/mol. The number of nitrogens with two attached hydrogens (primary N) is 1. The first-order valence-corrected chi connectivity index (χ1v) is 8.40. The Bertz CT molecular complexity index is 727. The number of carbonyl (C=O) groups is 2. The van der Waals surface area contributed by atoms with E-state index in [-0.39, 0.29) is 24.7 Å². The summed E-state index contributed by atoms with van der Waals surface area (Å²) in [7, 11) is 0. The summed E-state index contributed by atoms with van der Waals surface area (Å²) in [6, 6.07) is 0.432. The maximum absolute atomic E-state index is 12.7. The van der Waals surface area contributed by atoms with E-state index in [1.165, 1.54) is 0 Å². The number of nitro groups is 1. The summed E-state index contributed by atoms with van der Waals surface area (Å²) in [5, 5.41) is 18.5. The van der Waals surface area contributed by atoms with E-state index in [2.05, 4.69) is 16.0 Å². The Morgan fingerprint density at radius 2 is 1.93 bits per heavy atom. The number of alkyl halides is 3. The number of nitro benzene ring substituents is 1. The van der Waals surface area contributed by atoms with Crippen molar-refractivity contribution in [1.82, 2.24) is 10.6 Å². The molecule has 0 aliphatic carbocycles. The SMILES string of the molecule is CC[C@H](C)[C@H](NC(N)=O)C(=O)NCCNc1ccc(C(F)(F)F)cc1[N+](=O)[O-]. The zero-order chi connectivity index (χ0) is 21.5. The zero-order valence-electron chi connectivity index (χ0n) is 15.3. The first-order valence-electron chi connectivity index (χ1n) is 8.40. The number of carbonyl (C=O) groups excluding carboxylic acids is 2. The highest BCUT2D eigenvalue weighted by atomic mass is 19.4. The number of halogens is 3. The third-order valence-corrected chi connectivity index (χ3v) is 4.05. The second kappa shape index (κ2) is 9.76. The van der Waals surface area contributed by atoms with Crippen molar-refractivity contribution in [2.75, 3.05) is 18.4 Å². The molecule has 0 aromatic heterocycles. The Kier molecular flexibility index (Phi) is 8.01. The Morgan fingerprint density at radius 1 is 1.29 bits per heavy atom. The molecular formula is C16H22F3N5O4. The third kappa shape index (κ3) is 6.59. The molecule has 0 spiro atoms. The fraction of sp³-hybridized carbons (Fsp3) is 0.500. The Balaban J connectivity index is 2.71. The average Bonchev–Trinajstić information content (AvgIpc) is 2.61. The van der Waals surface area contributed by atoms with Crippen LogP contribution in [0.1, 0.15) is 25.8 Å². The molecule has 0 radical (unpaired) electrons. The van der Waals surface area contributed by atoms with Gasteiger partial charge < -0.3 is 21.7 Å². The van der Waals surface area contributed by atoms with E-state index in [4.69, 9.17) is 5.73 Å². The molecule has 3 amide bonds. The van der Waals surface area contributed by atoms with Crippen LogP contribution >= 0.6 is 0 Å². The van der Waals surface area contributed by atoms with Gasteiger partial charge in [0.2, 0.25) is 5.91 Å². The minimum Gasteiger partial charge on any atom is -0.378 e. The summed E-state index contributed by atoms with van der Waals surface area (Å²) in [6.45, 7) is 3.62. The van der Waals surface area contributed by atoms with Crippen molar-refractivity contribution in [2.45, 2.75) is 32.5 Å². The van der Waals surface area contributed by atoms with E-state index in [1.54, 1.807) is 6.92 Å². The molecule has 1 aromatic rings. The summed E-state index contributed by atoms with van der Waals surface area (Å²) in [6.07, 6.45) is -4.09. The highest BCUT2D eigenvalue weighted by Crippen LogP contribution is 2.34. The number of anilines is 1. The Labute approximate surface area is 159 Å². The number of amides is 3. The van der Waals surface area contributed by atoms with Crippen LogP contribution in [0.5, 0.6) is 0 Å². The van der Waals surface area contributed by atoms with Gasteiger partial charge in [-0.05, 0) is 18.1 Å². The van der Waals surface area contributed by atoms with Crippen LogP contribution in [0.15, 0.2) is 18.2 Å². The molecule has 9 nitrogen and oxygen atoms in total. The number of hydrogen-bond donors (Lipinski definition) is 4. The van der Waals surface area contributed by atoms with Gasteiger partial charge in [0.1, 0.15) is 11.7 Å². The molecule has 1 aromatic carbocycles. The number of hydrogen-bond acceptors (Lipinski definition) is 5. The van der Waals surface area contributed by atoms with Gasteiger partial charge in [0, 0.05) is 19.2 Å². The average molecular weight is 405 g/mol. The van der Waals surface area contributed by atoms with Gasteiger partial charge in [0.05, 0.1) is 10.5 Å². The number of rotatable bonds is 9. The van der Waals surface area contributed by atoms with Crippen LogP contribution in [0.2, 0.25) is 0 Å². The van der Waals surface area contributed by atoms with Crippen molar-refractivity contribution < 1.29 is 27.7 Å². The second-order valence-electron chi connectivity index (χ2n) is 6.08. The first kappa shape index (κ1) is 23.0. The lowest BCUT2D eigenvalue weighted by atomic mass is 9.98. The Morgan fingerprint density at radius 3 is 2.43 bits per heavy atom. The number of urea groups is 1. The smallest absolute Gasteiger partial charge is 0.378 e. The summed E-state index contributed by atoms with van der Waals surface area (Å²) < 4.78 is 38.1. The molecule has 28 heavy (non-hydrogen) atoms. The lowest BCUT2D eigenvalue weighted by molar-refractivity contribution is -0.384. The van der Waals surface area contributed by atoms with Crippen LogP contribution in [0.3, 0.4) is 0 Å². The maximum Gasteiger partial charge on any atom is 0.416 e. The predicted octanol–water partition coefficient (Wildman–Crippen LogP) is 2.22. The summed E-state index contributed by atoms with van der Waals surface area (Å²) in [5.41, 5.74) is 3.09. The maximum atomic E-state index is 12.7. The number of benzene rings is 1. The van der Waals surface area contributed by atoms with Crippen molar-refractivity contribution in [1.29, 1.82) is 0 Å². The van der Waals surface area contributed by atoms with Crippen LogP contribution in [-0.2, 0) is 11.0 Å². The van der Waals surface area contributed by atoms with Crippen molar-refractivity contribution >= 4 is 23.3 Å². The topological polar surface area (TPSA) is 139 Å². The highest BCUT2D eigenvalue weighted by Gasteiger charge is 2.33. The third-order valence-electron chi connectivity index (χ3n) is 4.05. The van der Waals surface area contributed by atoms with Crippen molar-refractivity contribution in [3.05, 3.63) is 33.9 Å². The molecule has 0 fully saturated rings. The standard InChI is InChI=1S/C16H22F3N5O4/c1-3-9(2)13(23-15(20)26)14(25)22-7-6-21-11-5-4-10(16(17,18)19)8-12(11)24(27)28/h4-5,8-9,13,21H,3,6-7H2,1-2H3,(H,22,25)(H3,20,23,26)/t9-,13-/m0/s1. The monoisotopic (exact) mass is 405 g/mol. The van der Waals surface area contributed by atoms with Crippen LogP contribution in [-0.4, -0.2) is 36.0 Å². The van der Waals surface area contributed by atoms with Crippen LogP contribution in [0.4, 0.5) is 29.3 Å². The van der Waals surface area contributed by atoms with Gasteiger partial charge in [0.15, 0.2) is 0 Å². The van der Waals surface area contributed by atoms with E-state index in [0.717, 1.165) is 12.1 Å². The lowest BCUT2D eigenvalue weighted by Gasteiger charge is -2.22. The molecule has 5 N–H and O–H groups in total. The van der Waals surface area contributed by atoms with Gasteiger partial charge in [-0.1, -0.05) is 20.3 Å². The number of nitrogens with zero attached hydrogens (tertiary/aromatic N) is 1. The zero-order valence-corrected chi connectivity index (χ0v) is 15.3. The summed E-state index contributed by atoms with van der Waals surface area (Å²) in [4.78, 5) is 33.3. The molecule has 2 atom stereocenters. The minimum absolute atomic E-state index is 0.0156. The van der Waals surface area contributed by atoms with Crippen molar-refractivity contribution in [3.8, 4) is 0 Å². The molecule has 1 rings (SSSR count). The van der Waals surface area contributed by atoms with Crippen LogP contribution < -0.4 is 21.7 Å². The fourth-order valence-electron chi connectivity index (χ4n) is 2.36. The van der Waals surface area contributed by atoms with Crippen molar-refractivity contribution in [3.63, 3.8) is 0 Å². The van der Waals surface area contributed by atoms with Gasteiger partial charge in [-0.15, -0.1) is 0 Å². The molecule has 0 saturated heterocycles. The molecule has 0 saturated carbocycles. The molecule has 12 heteroatoms. The Hall–Kier alpha value is -3.05. The normalized spacial score (nSPS) is 13.3. The number of primary amides is 1. The van der Waals surface area contributed by atoms with E-state index >= 15 is 0 Å². The van der Waals surface area contributed by atoms with E-state index < -0.39 is 40.3 Å². The first-order chi connectivity index (χ1) is 13.0. The van der Waals surface area contributed by atoms with Gasteiger partial charge >= 0.3 is 12.2 Å². The quantitative estimate of drug-likeness (QED) is 0.283. The molecule has 156 valence electrons. The molecule has 0 heterocycles. The highest BCUT2D eigenvalue weighted by molar-refractivity contribution is 5.86. The largest absolute Gasteiger partial charge is 0.416 e. The fourth-order valence-corrected chi connectivity index (χ4v) is 2.36. The summed E-state index contributed by atoms with van der Waals surface area (Å²) in [5.74, 6) is -0.673. The van der Waals surface area contributed by atoms with Crippen LogP contribution in [0.25, 0.3) is 0 Å². The molecule has 0 aliphatic rings. The van der Waals surface area contributed by atoms with Gasteiger partial charge in [-0.25, -0.2) is 4.79 Å². The van der Waals surface area contributed by atoms with E-state index in [1.807, 2.05) is 6.92 Å². The summed E-state index contributed by atoms with van der Waals surface area (Å²) >= 11 is 0. The van der Waals surface area contributed by atoms with Crippen LogP contribution in [0, 0.1) is 16.0 Å².